The van der Waals surface area contributed by atoms with Gasteiger partial charge in [-0.1, -0.05) is 29.4 Å². The molecule has 7 nitrogen and oxygen atoms in total. The number of hydrogen-bond acceptors (Lipinski definition) is 6. The maximum Gasteiger partial charge on any atom is 0.217 e. The molecule has 0 aliphatic carbocycles. The largest absolute Gasteiger partial charge is 0.493 e. The first-order chi connectivity index (χ1) is 12.6. The van der Waals surface area contributed by atoms with Gasteiger partial charge in [-0.3, -0.25) is 0 Å². The number of methoxy groups -OCH3 is 1. The summed E-state index contributed by atoms with van der Waals surface area (Å²) in [6, 6.07) is 12.4. The zero-order valence-electron chi connectivity index (χ0n) is 14.1. The van der Waals surface area contributed by atoms with E-state index in [4.69, 9.17) is 14.0 Å². The Labute approximate surface area is 150 Å². The van der Waals surface area contributed by atoms with E-state index >= 15 is 0 Å². The van der Waals surface area contributed by atoms with E-state index in [9.17, 15) is 8.42 Å². The highest BCUT2D eigenvalue weighted by Gasteiger charge is 2.27. The van der Waals surface area contributed by atoms with Crippen LogP contribution in [0.2, 0.25) is 0 Å². The van der Waals surface area contributed by atoms with Crippen molar-refractivity contribution >= 4 is 21.0 Å². The molecule has 1 aliphatic heterocycles. The number of para-hydroxylation sites is 2. The lowest BCUT2D eigenvalue weighted by atomic mass is 10.0. The van der Waals surface area contributed by atoms with Crippen LogP contribution in [0.1, 0.15) is 11.3 Å². The standard InChI is InChI=1S/C18H18N2O5S/c1-23-17-8-4-5-12-9-13(10-24-18(12)17)20-26(21,22)11-15-14-6-2-3-7-16(14)25-19-15/h2-8,13,20H,9-11H2,1H3. The van der Waals surface area contributed by atoms with Crippen LogP contribution >= 0.6 is 0 Å². The molecule has 0 bridgehead atoms. The number of benzene rings is 2. The highest BCUT2D eigenvalue weighted by atomic mass is 32.2. The maximum atomic E-state index is 12.6. The molecule has 0 saturated heterocycles. The summed E-state index contributed by atoms with van der Waals surface area (Å²) in [6.45, 7) is 0.242. The SMILES string of the molecule is COc1cccc2c1OCC(NS(=O)(=O)Cc1noc3ccccc13)C2. The fourth-order valence-electron chi connectivity index (χ4n) is 3.15. The molecule has 0 spiro atoms. The first-order valence-electron chi connectivity index (χ1n) is 8.18. The van der Waals surface area contributed by atoms with Gasteiger partial charge in [-0.15, -0.1) is 0 Å². The third-order valence-corrected chi connectivity index (χ3v) is 5.65. The molecule has 1 N–H and O–H groups in total. The second-order valence-corrected chi connectivity index (χ2v) is 7.92. The lowest BCUT2D eigenvalue weighted by Gasteiger charge is -2.26. The van der Waals surface area contributed by atoms with Crippen molar-refractivity contribution in [1.82, 2.24) is 9.88 Å². The van der Waals surface area contributed by atoms with Gasteiger partial charge in [-0.2, -0.15) is 0 Å². The average molecular weight is 374 g/mol. The first kappa shape index (κ1) is 16.9. The summed E-state index contributed by atoms with van der Waals surface area (Å²) in [5.74, 6) is 1.08. The molecule has 0 amide bonds. The minimum atomic E-state index is -3.60. The Bertz CT molecular complexity index is 1040. The molecule has 1 atom stereocenters. The normalized spacial score (nSPS) is 16.9. The molecule has 0 fully saturated rings. The molecular formula is C18H18N2O5S. The molecule has 136 valence electrons. The van der Waals surface area contributed by atoms with E-state index < -0.39 is 10.0 Å². The Kier molecular flexibility index (Phi) is 4.29. The number of sulfonamides is 1. The van der Waals surface area contributed by atoms with E-state index in [0.717, 1.165) is 5.56 Å². The number of rotatable bonds is 5. The molecule has 1 unspecified atom stereocenters. The predicted octanol–water partition coefficient (Wildman–Crippen LogP) is 2.26. The third kappa shape index (κ3) is 3.25. The Morgan fingerprint density at radius 2 is 2.08 bits per heavy atom. The summed E-state index contributed by atoms with van der Waals surface area (Å²) in [5, 5.41) is 4.59. The van der Waals surface area contributed by atoms with E-state index in [1.54, 1.807) is 19.2 Å². The van der Waals surface area contributed by atoms with Crippen molar-refractivity contribution in [2.45, 2.75) is 18.2 Å². The van der Waals surface area contributed by atoms with E-state index in [0.29, 0.717) is 34.6 Å². The van der Waals surface area contributed by atoms with Crippen LogP contribution in [-0.4, -0.2) is 33.3 Å². The highest BCUT2D eigenvalue weighted by Crippen LogP contribution is 2.34. The first-order valence-corrected chi connectivity index (χ1v) is 9.83. The molecule has 0 saturated carbocycles. The molecule has 1 aromatic heterocycles. The minimum absolute atomic E-state index is 0.242. The second kappa shape index (κ2) is 6.62. The van der Waals surface area contributed by atoms with Crippen LogP contribution in [0.5, 0.6) is 11.5 Å². The molecule has 2 aromatic carbocycles. The van der Waals surface area contributed by atoms with Crippen LogP contribution in [0.3, 0.4) is 0 Å². The van der Waals surface area contributed by atoms with Gasteiger partial charge in [-0.25, -0.2) is 13.1 Å². The average Bonchev–Trinajstić information content (AvgIpc) is 3.03. The quantitative estimate of drug-likeness (QED) is 0.737. The maximum absolute atomic E-state index is 12.6. The van der Waals surface area contributed by atoms with Crippen LogP contribution in [-0.2, 0) is 22.2 Å². The van der Waals surface area contributed by atoms with Crippen molar-refractivity contribution in [1.29, 1.82) is 0 Å². The van der Waals surface area contributed by atoms with Crippen LogP contribution in [0.4, 0.5) is 0 Å². The van der Waals surface area contributed by atoms with Crippen molar-refractivity contribution in [3.63, 3.8) is 0 Å². The predicted molar refractivity (Wildman–Crippen MR) is 95.7 cm³/mol. The van der Waals surface area contributed by atoms with Crippen molar-refractivity contribution in [2.24, 2.45) is 0 Å². The molecule has 3 aromatic rings. The summed E-state index contributed by atoms with van der Waals surface area (Å²) in [7, 11) is -2.02. The summed E-state index contributed by atoms with van der Waals surface area (Å²) < 4.78 is 44.0. The van der Waals surface area contributed by atoms with Gasteiger partial charge >= 0.3 is 0 Å². The number of aromatic nitrogens is 1. The van der Waals surface area contributed by atoms with Gasteiger partial charge in [0.15, 0.2) is 17.1 Å². The molecular weight excluding hydrogens is 356 g/mol. The third-order valence-electron chi connectivity index (χ3n) is 4.30. The van der Waals surface area contributed by atoms with Crippen LogP contribution in [0.25, 0.3) is 11.0 Å². The zero-order chi connectivity index (χ0) is 18.1. The second-order valence-electron chi connectivity index (χ2n) is 6.16. The number of hydrogen-bond donors (Lipinski definition) is 1. The molecule has 26 heavy (non-hydrogen) atoms. The van der Waals surface area contributed by atoms with Crippen LogP contribution < -0.4 is 14.2 Å². The lowest BCUT2D eigenvalue weighted by molar-refractivity contribution is 0.240. The Balaban J connectivity index is 1.50. The van der Waals surface area contributed by atoms with Crippen molar-refractivity contribution in [2.75, 3.05) is 13.7 Å². The molecule has 2 heterocycles. The fourth-order valence-corrected chi connectivity index (χ4v) is 4.46. The van der Waals surface area contributed by atoms with E-state index in [-0.39, 0.29) is 18.4 Å². The monoisotopic (exact) mass is 374 g/mol. The van der Waals surface area contributed by atoms with Crippen LogP contribution in [0, 0.1) is 0 Å². The van der Waals surface area contributed by atoms with E-state index in [1.165, 1.54) is 0 Å². The number of nitrogens with one attached hydrogen (secondary N) is 1. The van der Waals surface area contributed by atoms with Gasteiger partial charge in [0.2, 0.25) is 10.0 Å². The topological polar surface area (TPSA) is 90.7 Å². The van der Waals surface area contributed by atoms with Crippen molar-refractivity contribution in [3.8, 4) is 11.5 Å². The van der Waals surface area contributed by atoms with Gasteiger partial charge in [-0.05, 0) is 30.2 Å². The summed E-state index contributed by atoms with van der Waals surface area (Å²) in [5.41, 5.74) is 1.88. The Morgan fingerprint density at radius 3 is 2.92 bits per heavy atom. The molecule has 0 radical (unpaired) electrons. The molecule has 4 rings (SSSR count). The Morgan fingerprint density at radius 1 is 1.23 bits per heavy atom. The van der Waals surface area contributed by atoms with Crippen molar-refractivity contribution < 1.29 is 22.4 Å². The van der Waals surface area contributed by atoms with E-state index in [2.05, 4.69) is 9.88 Å². The molecule has 8 heteroatoms. The van der Waals surface area contributed by atoms with Gasteiger partial charge in [0.25, 0.3) is 0 Å². The minimum Gasteiger partial charge on any atom is -0.493 e. The van der Waals surface area contributed by atoms with Gasteiger partial charge in [0, 0.05) is 5.39 Å². The van der Waals surface area contributed by atoms with Gasteiger partial charge < -0.3 is 14.0 Å². The van der Waals surface area contributed by atoms with E-state index in [1.807, 2.05) is 30.3 Å². The smallest absolute Gasteiger partial charge is 0.217 e. The summed E-state index contributed by atoms with van der Waals surface area (Å²) in [4.78, 5) is 0. The van der Waals surface area contributed by atoms with Crippen molar-refractivity contribution in [3.05, 3.63) is 53.7 Å². The fraction of sp³-hybridized carbons (Fsp3) is 0.278. The highest BCUT2D eigenvalue weighted by molar-refractivity contribution is 7.88. The Hall–Kier alpha value is -2.58. The zero-order valence-corrected chi connectivity index (χ0v) is 15.0. The number of nitrogens with zero attached hydrogens (tertiary/aromatic N) is 1. The summed E-state index contributed by atoms with van der Waals surface area (Å²) >= 11 is 0. The lowest BCUT2D eigenvalue weighted by Crippen LogP contribution is -2.43. The summed E-state index contributed by atoms with van der Waals surface area (Å²) in [6.07, 6.45) is 0.533. The van der Waals surface area contributed by atoms with Gasteiger partial charge in [0.05, 0.1) is 13.2 Å². The number of ether oxygens (including phenoxy) is 2. The van der Waals surface area contributed by atoms with Crippen LogP contribution in [0.15, 0.2) is 47.0 Å². The van der Waals surface area contributed by atoms with Gasteiger partial charge in [0.1, 0.15) is 18.1 Å². The number of fused-ring (bicyclic) bond motifs is 2. The molecule has 1 aliphatic rings.